The maximum Gasteiger partial charge on any atom is 0.338 e. The molecule has 0 saturated heterocycles. The molecular formula is C25H21FN2O5S. The van der Waals surface area contributed by atoms with E-state index in [9.17, 15) is 18.8 Å². The smallest absolute Gasteiger partial charge is 0.338 e. The Morgan fingerprint density at radius 3 is 2.53 bits per heavy atom. The SMILES string of the molecule is CCOC(=O)C1=C(C)N=c2sc(=Cc3ccc(OC(C)=O)cc3)c(=O)n2C1c1ccccc1F. The second-order valence-electron chi connectivity index (χ2n) is 7.49. The predicted octanol–water partition coefficient (Wildman–Crippen LogP) is 2.86. The minimum atomic E-state index is -1.01. The Kier molecular flexibility index (Phi) is 6.56. The van der Waals surface area contributed by atoms with E-state index in [1.54, 1.807) is 62.4 Å². The lowest BCUT2D eigenvalue weighted by Gasteiger charge is -2.24. The van der Waals surface area contributed by atoms with Crippen molar-refractivity contribution in [2.75, 3.05) is 6.61 Å². The lowest BCUT2D eigenvalue weighted by Crippen LogP contribution is -2.40. The number of fused-ring (bicyclic) bond motifs is 1. The number of esters is 2. The first-order chi connectivity index (χ1) is 16.3. The molecule has 0 amide bonds. The second-order valence-corrected chi connectivity index (χ2v) is 8.50. The first-order valence-corrected chi connectivity index (χ1v) is 11.3. The van der Waals surface area contributed by atoms with Crippen molar-refractivity contribution in [2.45, 2.75) is 26.8 Å². The van der Waals surface area contributed by atoms with E-state index in [1.807, 2.05) is 0 Å². The number of carbonyl (C=O) groups excluding carboxylic acids is 2. The van der Waals surface area contributed by atoms with Gasteiger partial charge in [-0.25, -0.2) is 14.2 Å². The summed E-state index contributed by atoms with van der Waals surface area (Å²) in [6.45, 7) is 4.76. The Morgan fingerprint density at radius 2 is 1.88 bits per heavy atom. The molecule has 1 aliphatic heterocycles. The molecule has 0 N–H and O–H groups in total. The van der Waals surface area contributed by atoms with Crippen molar-refractivity contribution in [3.63, 3.8) is 0 Å². The van der Waals surface area contributed by atoms with Gasteiger partial charge in [0.25, 0.3) is 5.56 Å². The van der Waals surface area contributed by atoms with E-state index in [0.29, 0.717) is 26.3 Å². The van der Waals surface area contributed by atoms with E-state index < -0.39 is 29.4 Å². The summed E-state index contributed by atoms with van der Waals surface area (Å²) in [6, 6.07) is 11.7. The van der Waals surface area contributed by atoms with Crippen molar-refractivity contribution in [3.05, 3.63) is 96.4 Å². The summed E-state index contributed by atoms with van der Waals surface area (Å²) in [5.74, 6) is -1.23. The maximum atomic E-state index is 14.9. The molecule has 34 heavy (non-hydrogen) atoms. The van der Waals surface area contributed by atoms with Crippen LogP contribution in [0.25, 0.3) is 6.08 Å². The summed E-state index contributed by atoms with van der Waals surface area (Å²) in [5.41, 5.74) is 0.959. The third-order valence-electron chi connectivity index (χ3n) is 5.16. The number of hydrogen-bond donors (Lipinski definition) is 0. The van der Waals surface area contributed by atoms with Crippen molar-refractivity contribution >= 4 is 29.4 Å². The highest BCUT2D eigenvalue weighted by Crippen LogP contribution is 2.32. The fourth-order valence-electron chi connectivity index (χ4n) is 3.73. The molecule has 1 aromatic heterocycles. The standard InChI is InChI=1S/C25H21FN2O5S/c1-4-32-24(31)21-14(2)27-25-28(22(21)18-7-5-6-8-19(18)26)23(30)20(34-25)13-16-9-11-17(12-10-16)33-15(3)29/h5-13,22H,4H2,1-3H3. The zero-order valence-corrected chi connectivity index (χ0v) is 19.5. The molecule has 174 valence electrons. The summed E-state index contributed by atoms with van der Waals surface area (Å²) in [4.78, 5) is 42.2. The molecule has 1 atom stereocenters. The first-order valence-electron chi connectivity index (χ1n) is 10.5. The quantitative estimate of drug-likeness (QED) is 0.414. The van der Waals surface area contributed by atoms with Crippen molar-refractivity contribution in [3.8, 4) is 5.75 Å². The summed E-state index contributed by atoms with van der Waals surface area (Å²) < 4.78 is 26.8. The van der Waals surface area contributed by atoms with Crippen LogP contribution in [0.4, 0.5) is 4.39 Å². The molecule has 0 radical (unpaired) electrons. The molecular weight excluding hydrogens is 459 g/mol. The van der Waals surface area contributed by atoms with Crippen LogP contribution in [-0.4, -0.2) is 23.1 Å². The normalized spacial score (nSPS) is 15.5. The molecule has 0 spiro atoms. The van der Waals surface area contributed by atoms with E-state index in [4.69, 9.17) is 9.47 Å². The van der Waals surface area contributed by atoms with Gasteiger partial charge < -0.3 is 9.47 Å². The number of benzene rings is 2. The van der Waals surface area contributed by atoms with Gasteiger partial charge in [-0.05, 0) is 43.7 Å². The molecule has 2 aromatic carbocycles. The third kappa shape index (κ3) is 4.47. The fourth-order valence-corrected chi connectivity index (χ4v) is 4.78. The Hall–Kier alpha value is -3.85. The molecule has 1 aliphatic rings. The molecule has 0 saturated carbocycles. The van der Waals surface area contributed by atoms with Gasteiger partial charge in [-0.3, -0.25) is 14.2 Å². The summed E-state index contributed by atoms with van der Waals surface area (Å²) in [6.07, 6.45) is 1.67. The van der Waals surface area contributed by atoms with Gasteiger partial charge in [0, 0.05) is 12.5 Å². The molecule has 7 nitrogen and oxygen atoms in total. The highest BCUT2D eigenvalue weighted by atomic mass is 32.1. The van der Waals surface area contributed by atoms with Gasteiger partial charge >= 0.3 is 11.9 Å². The number of ether oxygens (including phenoxy) is 2. The number of allylic oxidation sites excluding steroid dienone is 1. The van der Waals surface area contributed by atoms with Crippen LogP contribution in [-0.2, 0) is 14.3 Å². The Labute approximate surface area is 198 Å². The van der Waals surface area contributed by atoms with Crippen LogP contribution in [0, 0.1) is 5.82 Å². The van der Waals surface area contributed by atoms with E-state index >= 15 is 0 Å². The van der Waals surface area contributed by atoms with Gasteiger partial charge in [0.05, 0.1) is 22.4 Å². The van der Waals surface area contributed by atoms with Crippen molar-refractivity contribution in [2.24, 2.45) is 4.99 Å². The average Bonchev–Trinajstić information content (AvgIpc) is 3.09. The van der Waals surface area contributed by atoms with E-state index in [0.717, 1.165) is 11.3 Å². The molecule has 9 heteroatoms. The number of nitrogens with zero attached hydrogens (tertiary/aromatic N) is 2. The Bertz CT molecular complexity index is 1480. The van der Waals surface area contributed by atoms with E-state index in [2.05, 4.69) is 4.99 Å². The van der Waals surface area contributed by atoms with Crippen molar-refractivity contribution < 1.29 is 23.5 Å². The summed E-state index contributed by atoms with van der Waals surface area (Å²) in [7, 11) is 0. The second kappa shape index (κ2) is 9.56. The van der Waals surface area contributed by atoms with Gasteiger partial charge in [0.1, 0.15) is 17.6 Å². The van der Waals surface area contributed by atoms with Crippen LogP contribution in [0.5, 0.6) is 5.75 Å². The minimum Gasteiger partial charge on any atom is -0.463 e. The monoisotopic (exact) mass is 480 g/mol. The minimum absolute atomic E-state index is 0.122. The molecule has 0 fully saturated rings. The molecule has 0 bridgehead atoms. The Balaban J connectivity index is 1.88. The zero-order chi connectivity index (χ0) is 24.4. The molecule has 0 aliphatic carbocycles. The molecule has 1 unspecified atom stereocenters. The van der Waals surface area contributed by atoms with Crippen molar-refractivity contribution in [1.82, 2.24) is 4.57 Å². The van der Waals surface area contributed by atoms with E-state index in [1.165, 1.54) is 17.6 Å². The number of rotatable bonds is 5. The third-order valence-corrected chi connectivity index (χ3v) is 6.14. The highest BCUT2D eigenvalue weighted by Gasteiger charge is 2.34. The number of halogens is 1. The lowest BCUT2D eigenvalue weighted by molar-refractivity contribution is -0.139. The van der Waals surface area contributed by atoms with Crippen LogP contribution < -0.4 is 19.6 Å². The van der Waals surface area contributed by atoms with Crippen LogP contribution in [0.15, 0.2) is 69.6 Å². The first kappa shape index (κ1) is 23.3. The predicted molar refractivity (Wildman–Crippen MR) is 125 cm³/mol. The van der Waals surface area contributed by atoms with Gasteiger partial charge in [-0.1, -0.05) is 41.7 Å². The van der Waals surface area contributed by atoms with Gasteiger partial charge in [-0.15, -0.1) is 0 Å². The number of hydrogen-bond acceptors (Lipinski definition) is 7. The molecule has 3 aromatic rings. The summed E-state index contributed by atoms with van der Waals surface area (Å²) in [5, 5.41) is 0. The number of carbonyl (C=O) groups is 2. The largest absolute Gasteiger partial charge is 0.463 e. The molecule has 4 rings (SSSR count). The Morgan fingerprint density at radius 1 is 1.18 bits per heavy atom. The summed E-state index contributed by atoms with van der Waals surface area (Å²) >= 11 is 1.14. The maximum absolute atomic E-state index is 14.9. The van der Waals surface area contributed by atoms with Crippen LogP contribution in [0.2, 0.25) is 0 Å². The van der Waals surface area contributed by atoms with Crippen LogP contribution in [0.1, 0.15) is 37.9 Å². The number of aromatic nitrogens is 1. The average molecular weight is 481 g/mol. The van der Waals surface area contributed by atoms with Gasteiger partial charge in [-0.2, -0.15) is 0 Å². The van der Waals surface area contributed by atoms with E-state index in [-0.39, 0.29) is 17.7 Å². The fraction of sp³-hybridized carbons (Fsp3) is 0.200. The van der Waals surface area contributed by atoms with Gasteiger partial charge in [0.15, 0.2) is 4.80 Å². The topological polar surface area (TPSA) is 87.0 Å². The highest BCUT2D eigenvalue weighted by molar-refractivity contribution is 7.07. The van der Waals surface area contributed by atoms with Crippen molar-refractivity contribution in [1.29, 1.82) is 0 Å². The van der Waals surface area contributed by atoms with Gasteiger partial charge in [0.2, 0.25) is 0 Å². The van der Waals surface area contributed by atoms with Crippen LogP contribution >= 0.6 is 11.3 Å². The number of thiazole rings is 1. The lowest BCUT2D eigenvalue weighted by atomic mass is 9.95. The molecule has 2 heterocycles. The zero-order valence-electron chi connectivity index (χ0n) is 18.7. The van der Waals surface area contributed by atoms with Crippen LogP contribution in [0.3, 0.4) is 0 Å².